The zero-order chi connectivity index (χ0) is 21.3. The van der Waals surface area contributed by atoms with Gasteiger partial charge in [0.1, 0.15) is 5.60 Å². The van der Waals surface area contributed by atoms with E-state index in [1.54, 1.807) is 0 Å². The van der Waals surface area contributed by atoms with Gasteiger partial charge in [0, 0.05) is 26.2 Å². The Kier molecular flexibility index (Phi) is 5.71. The SMILES string of the molecule is CN(C[C@@H]1CCCCN1C(=O)OC(C)(C)C)c1nc2ccccc2nc1NC1CC1. The molecule has 1 aliphatic carbocycles. The second-order valence-electron chi connectivity index (χ2n) is 9.51. The van der Waals surface area contributed by atoms with Crippen molar-refractivity contribution in [2.24, 2.45) is 0 Å². The number of benzene rings is 1. The predicted octanol–water partition coefficient (Wildman–Crippen LogP) is 4.43. The molecule has 2 aliphatic rings. The summed E-state index contributed by atoms with van der Waals surface area (Å²) in [6, 6.07) is 8.55. The summed E-state index contributed by atoms with van der Waals surface area (Å²) in [5, 5.41) is 3.54. The lowest BCUT2D eigenvalue weighted by Crippen LogP contribution is -2.50. The van der Waals surface area contributed by atoms with Crippen LogP contribution >= 0.6 is 0 Å². The molecule has 7 heteroatoms. The summed E-state index contributed by atoms with van der Waals surface area (Å²) >= 11 is 0. The molecule has 1 amide bonds. The first-order valence-corrected chi connectivity index (χ1v) is 11.0. The summed E-state index contributed by atoms with van der Waals surface area (Å²) in [5.74, 6) is 1.67. The van der Waals surface area contributed by atoms with E-state index in [1.807, 2.05) is 57.0 Å². The van der Waals surface area contributed by atoms with Crippen LogP contribution in [0, 0.1) is 0 Å². The van der Waals surface area contributed by atoms with E-state index < -0.39 is 5.60 Å². The van der Waals surface area contributed by atoms with Crippen LogP contribution in [0.1, 0.15) is 52.9 Å². The van der Waals surface area contributed by atoms with Crippen LogP contribution in [-0.2, 0) is 4.74 Å². The highest BCUT2D eigenvalue weighted by molar-refractivity contribution is 5.80. The number of likely N-dealkylation sites (tertiary alicyclic amines) is 1. The molecular weight excluding hydrogens is 378 g/mol. The quantitative estimate of drug-likeness (QED) is 0.785. The van der Waals surface area contributed by atoms with E-state index in [4.69, 9.17) is 14.7 Å². The monoisotopic (exact) mass is 411 g/mol. The molecule has 2 aromatic rings. The average Bonchev–Trinajstić information content (AvgIpc) is 3.50. The maximum Gasteiger partial charge on any atom is 0.410 e. The Morgan fingerprint density at radius 1 is 1.17 bits per heavy atom. The lowest BCUT2D eigenvalue weighted by Gasteiger charge is -2.38. The highest BCUT2D eigenvalue weighted by Gasteiger charge is 2.32. The number of ether oxygens (including phenoxy) is 1. The molecule has 1 N–H and O–H groups in total. The number of nitrogens with zero attached hydrogens (tertiary/aromatic N) is 4. The van der Waals surface area contributed by atoms with Gasteiger partial charge in [-0.15, -0.1) is 0 Å². The van der Waals surface area contributed by atoms with Crippen molar-refractivity contribution in [3.63, 3.8) is 0 Å². The Balaban J connectivity index is 1.56. The molecule has 4 rings (SSSR count). The van der Waals surface area contributed by atoms with Crippen LogP contribution in [0.2, 0.25) is 0 Å². The minimum atomic E-state index is -0.490. The van der Waals surface area contributed by atoms with Gasteiger partial charge in [-0.25, -0.2) is 14.8 Å². The molecule has 2 heterocycles. The van der Waals surface area contributed by atoms with Gasteiger partial charge < -0.3 is 19.9 Å². The van der Waals surface area contributed by atoms with Crippen LogP contribution in [0.5, 0.6) is 0 Å². The van der Waals surface area contributed by atoms with Gasteiger partial charge in [-0.1, -0.05) is 12.1 Å². The van der Waals surface area contributed by atoms with Crippen molar-refractivity contribution in [2.75, 3.05) is 30.4 Å². The Labute approximate surface area is 178 Å². The number of carbonyl (C=O) groups is 1. The van der Waals surface area contributed by atoms with Gasteiger partial charge in [-0.2, -0.15) is 0 Å². The Morgan fingerprint density at radius 2 is 1.87 bits per heavy atom. The largest absolute Gasteiger partial charge is 0.444 e. The normalized spacial score (nSPS) is 19.6. The van der Waals surface area contributed by atoms with Crippen molar-refractivity contribution in [3.05, 3.63) is 24.3 Å². The van der Waals surface area contributed by atoms with Crippen LogP contribution in [0.25, 0.3) is 11.0 Å². The number of piperidine rings is 1. The predicted molar refractivity (Wildman–Crippen MR) is 120 cm³/mol. The molecule has 0 unspecified atom stereocenters. The molecule has 7 nitrogen and oxygen atoms in total. The number of hydrogen-bond donors (Lipinski definition) is 1. The third kappa shape index (κ3) is 4.94. The fourth-order valence-corrected chi connectivity index (χ4v) is 3.93. The lowest BCUT2D eigenvalue weighted by atomic mass is 10.0. The number of para-hydroxylation sites is 2. The van der Waals surface area contributed by atoms with Gasteiger partial charge in [-0.05, 0) is 65.0 Å². The number of likely N-dealkylation sites (N-methyl/N-ethyl adjacent to an activating group) is 1. The molecule has 1 saturated carbocycles. The van der Waals surface area contributed by atoms with Crippen LogP contribution in [0.3, 0.4) is 0 Å². The fourth-order valence-electron chi connectivity index (χ4n) is 3.93. The highest BCUT2D eigenvalue weighted by Crippen LogP contribution is 2.31. The van der Waals surface area contributed by atoms with Crippen LogP contribution in [0.15, 0.2) is 24.3 Å². The van der Waals surface area contributed by atoms with Crippen molar-refractivity contribution in [1.82, 2.24) is 14.9 Å². The summed E-state index contributed by atoms with van der Waals surface area (Å²) in [6.45, 7) is 7.18. The number of carbonyl (C=O) groups excluding carboxylic acids is 1. The molecule has 2 fully saturated rings. The van der Waals surface area contributed by atoms with Crippen LogP contribution in [-0.4, -0.2) is 58.8 Å². The molecule has 162 valence electrons. The molecule has 1 atom stereocenters. The third-order valence-electron chi connectivity index (χ3n) is 5.57. The van der Waals surface area contributed by atoms with E-state index in [2.05, 4.69) is 10.2 Å². The third-order valence-corrected chi connectivity index (χ3v) is 5.57. The van der Waals surface area contributed by atoms with Crippen LogP contribution < -0.4 is 10.2 Å². The molecule has 0 radical (unpaired) electrons. The Hall–Kier alpha value is -2.57. The van der Waals surface area contributed by atoms with E-state index in [0.29, 0.717) is 12.6 Å². The summed E-state index contributed by atoms with van der Waals surface area (Å²) in [7, 11) is 2.04. The van der Waals surface area contributed by atoms with Crippen molar-refractivity contribution < 1.29 is 9.53 Å². The van der Waals surface area contributed by atoms with E-state index in [0.717, 1.165) is 48.5 Å². The van der Waals surface area contributed by atoms with E-state index in [-0.39, 0.29) is 12.1 Å². The van der Waals surface area contributed by atoms with Gasteiger partial charge in [0.05, 0.1) is 17.1 Å². The van der Waals surface area contributed by atoms with Gasteiger partial charge in [-0.3, -0.25) is 0 Å². The van der Waals surface area contributed by atoms with Crippen molar-refractivity contribution in [1.29, 1.82) is 0 Å². The number of hydrogen-bond acceptors (Lipinski definition) is 6. The summed E-state index contributed by atoms with van der Waals surface area (Å²) in [4.78, 5) is 26.6. The second-order valence-corrected chi connectivity index (χ2v) is 9.51. The number of amides is 1. The van der Waals surface area contributed by atoms with E-state index in [9.17, 15) is 4.79 Å². The number of fused-ring (bicyclic) bond motifs is 1. The molecule has 1 aromatic carbocycles. The van der Waals surface area contributed by atoms with Crippen molar-refractivity contribution in [3.8, 4) is 0 Å². The number of rotatable bonds is 5. The van der Waals surface area contributed by atoms with Gasteiger partial charge in [0.25, 0.3) is 0 Å². The molecule has 1 aromatic heterocycles. The smallest absolute Gasteiger partial charge is 0.410 e. The average molecular weight is 412 g/mol. The maximum atomic E-state index is 12.8. The highest BCUT2D eigenvalue weighted by atomic mass is 16.6. The minimum absolute atomic E-state index is 0.0978. The van der Waals surface area contributed by atoms with E-state index in [1.165, 1.54) is 12.8 Å². The molecule has 0 spiro atoms. The first-order chi connectivity index (χ1) is 14.3. The zero-order valence-corrected chi connectivity index (χ0v) is 18.5. The van der Waals surface area contributed by atoms with Crippen molar-refractivity contribution >= 4 is 28.8 Å². The fraction of sp³-hybridized carbons (Fsp3) is 0.609. The first-order valence-electron chi connectivity index (χ1n) is 11.0. The summed E-state index contributed by atoms with van der Waals surface area (Å²) in [5.41, 5.74) is 1.29. The molecule has 30 heavy (non-hydrogen) atoms. The van der Waals surface area contributed by atoms with Gasteiger partial charge in [0.15, 0.2) is 11.6 Å². The van der Waals surface area contributed by atoms with Crippen LogP contribution in [0.4, 0.5) is 16.4 Å². The lowest BCUT2D eigenvalue weighted by molar-refractivity contribution is 0.0108. The first kappa shape index (κ1) is 20.7. The Bertz CT molecular complexity index is 906. The molecule has 0 bridgehead atoms. The standard InChI is InChI=1S/C23H33N5O2/c1-23(2,3)30-22(29)28-14-8-7-9-17(28)15-27(4)21-20(24-16-12-13-16)25-18-10-5-6-11-19(18)26-21/h5-6,10-11,16-17H,7-9,12-15H2,1-4H3,(H,24,25)/t17-/m0/s1. The molecule has 1 saturated heterocycles. The number of anilines is 2. The topological polar surface area (TPSA) is 70.6 Å². The van der Waals surface area contributed by atoms with E-state index >= 15 is 0 Å². The Morgan fingerprint density at radius 3 is 2.53 bits per heavy atom. The number of nitrogens with one attached hydrogen (secondary N) is 1. The van der Waals surface area contributed by atoms with Gasteiger partial charge in [0.2, 0.25) is 0 Å². The summed E-state index contributed by atoms with van der Waals surface area (Å²) < 4.78 is 5.67. The van der Waals surface area contributed by atoms with Gasteiger partial charge >= 0.3 is 6.09 Å². The molecule has 1 aliphatic heterocycles. The van der Waals surface area contributed by atoms with Crippen molar-refractivity contribution in [2.45, 2.75) is 70.6 Å². The maximum absolute atomic E-state index is 12.8. The zero-order valence-electron chi connectivity index (χ0n) is 18.5. The number of aromatic nitrogens is 2. The molecular formula is C23H33N5O2. The second kappa shape index (κ2) is 8.28. The minimum Gasteiger partial charge on any atom is -0.444 e. The summed E-state index contributed by atoms with van der Waals surface area (Å²) in [6.07, 6.45) is 5.23.